The molecule has 0 atom stereocenters. The molecule has 0 bridgehead atoms. The number of hydrogen-bond donors (Lipinski definition) is 1. The highest BCUT2D eigenvalue weighted by atomic mass is 35.5. The van der Waals surface area contributed by atoms with Gasteiger partial charge in [0, 0.05) is 12.4 Å². The van der Waals surface area contributed by atoms with E-state index in [1.807, 2.05) is 23.6 Å². The molecule has 0 saturated heterocycles. The maximum Gasteiger partial charge on any atom is 0.138 e. The molecule has 0 aliphatic heterocycles. The lowest BCUT2D eigenvalue weighted by Crippen LogP contribution is -2.02. The predicted molar refractivity (Wildman–Crippen MR) is 80.7 cm³/mol. The zero-order chi connectivity index (χ0) is 13.1. The van der Waals surface area contributed by atoms with Gasteiger partial charge in [-0.25, -0.2) is 9.97 Å². The Morgan fingerprint density at radius 2 is 2.05 bits per heavy atom. The Morgan fingerprint density at radius 3 is 2.95 bits per heavy atom. The summed E-state index contributed by atoms with van der Waals surface area (Å²) in [7, 11) is 0. The molecule has 2 heterocycles. The number of nitrogens with zero attached hydrogens (tertiary/aromatic N) is 2. The molecule has 0 amide bonds. The van der Waals surface area contributed by atoms with Crippen molar-refractivity contribution in [1.29, 1.82) is 0 Å². The number of aromatic nitrogens is 2. The first-order valence-electron chi connectivity index (χ1n) is 5.92. The summed E-state index contributed by atoms with van der Waals surface area (Å²) in [5, 5.41) is 6.45. The van der Waals surface area contributed by atoms with Gasteiger partial charge in [-0.05, 0) is 22.6 Å². The Kier molecular flexibility index (Phi) is 3.62. The summed E-state index contributed by atoms with van der Waals surface area (Å²) in [5.74, 6) is 1.42. The van der Waals surface area contributed by atoms with Gasteiger partial charge in [0.2, 0.25) is 0 Å². The zero-order valence-electron chi connectivity index (χ0n) is 10.1. The maximum absolute atomic E-state index is 5.84. The van der Waals surface area contributed by atoms with Gasteiger partial charge in [-0.1, -0.05) is 24.3 Å². The van der Waals surface area contributed by atoms with Crippen LogP contribution in [0.2, 0.25) is 0 Å². The molecule has 0 fully saturated rings. The lowest BCUT2D eigenvalue weighted by Gasteiger charge is -2.07. The molecule has 0 spiro atoms. The van der Waals surface area contributed by atoms with Gasteiger partial charge in [-0.2, -0.15) is 0 Å². The summed E-state index contributed by atoms with van der Waals surface area (Å²) < 4.78 is 0. The normalized spacial score (nSPS) is 10.8. The van der Waals surface area contributed by atoms with Crippen LogP contribution in [0, 0.1) is 0 Å². The van der Waals surface area contributed by atoms with Crippen molar-refractivity contribution >= 4 is 39.0 Å². The molecule has 0 radical (unpaired) electrons. The van der Waals surface area contributed by atoms with Crippen LogP contribution in [0.5, 0.6) is 0 Å². The van der Waals surface area contributed by atoms with Crippen molar-refractivity contribution in [3.05, 3.63) is 53.2 Å². The number of alkyl halides is 1. The van der Waals surface area contributed by atoms with Crippen LogP contribution < -0.4 is 5.32 Å². The molecule has 3 nitrogen and oxygen atoms in total. The van der Waals surface area contributed by atoms with Crippen molar-refractivity contribution in [2.24, 2.45) is 0 Å². The minimum atomic E-state index is 0.538. The van der Waals surface area contributed by atoms with Crippen LogP contribution >= 0.6 is 22.9 Å². The summed E-state index contributed by atoms with van der Waals surface area (Å²) in [6, 6.07) is 10.3. The number of anilines is 1. The van der Waals surface area contributed by atoms with Gasteiger partial charge in [-0.3, -0.25) is 0 Å². The van der Waals surface area contributed by atoms with Crippen LogP contribution in [0.1, 0.15) is 11.1 Å². The molecule has 0 saturated carbocycles. The first-order valence-corrected chi connectivity index (χ1v) is 7.34. The van der Waals surface area contributed by atoms with Gasteiger partial charge < -0.3 is 5.32 Å². The number of fused-ring (bicyclic) bond motifs is 1. The molecule has 3 rings (SSSR count). The Balaban J connectivity index is 1.80. The molecule has 1 aromatic carbocycles. The van der Waals surface area contributed by atoms with Gasteiger partial charge in [0.1, 0.15) is 17.0 Å². The van der Waals surface area contributed by atoms with E-state index in [4.69, 9.17) is 11.6 Å². The predicted octanol–water partition coefficient (Wildman–Crippen LogP) is 4.04. The van der Waals surface area contributed by atoms with Crippen LogP contribution in [0.4, 0.5) is 5.82 Å². The van der Waals surface area contributed by atoms with E-state index in [2.05, 4.69) is 27.4 Å². The van der Waals surface area contributed by atoms with Gasteiger partial charge in [-0.15, -0.1) is 22.9 Å². The van der Waals surface area contributed by atoms with Crippen molar-refractivity contribution in [1.82, 2.24) is 9.97 Å². The Bertz CT molecular complexity index is 696. The quantitative estimate of drug-likeness (QED) is 0.737. The van der Waals surface area contributed by atoms with Crippen LogP contribution in [0.15, 0.2) is 42.0 Å². The summed E-state index contributed by atoms with van der Waals surface area (Å²) in [5.41, 5.74) is 2.32. The monoisotopic (exact) mass is 289 g/mol. The molecule has 1 N–H and O–H groups in total. The first-order chi connectivity index (χ1) is 9.36. The molecular weight excluding hydrogens is 278 g/mol. The third-order valence-electron chi connectivity index (χ3n) is 2.87. The summed E-state index contributed by atoms with van der Waals surface area (Å²) in [6.45, 7) is 0.729. The average Bonchev–Trinajstić information content (AvgIpc) is 2.94. The molecule has 0 aliphatic rings. The van der Waals surface area contributed by atoms with E-state index in [9.17, 15) is 0 Å². The highest BCUT2D eigenvalue weighted by Crippen LogP contribution is 2.24. The molecule has 3 aromatic rings. The molecule has 5 heteroatoms. The average molecular weight is 290 g/mol. The van der Waals surface area contributed by atoms with Crippen molar-refractivity contribution in [2.75, 3.05) is 5.32 Å². The molecule has 0 aliphatic carbocycles. The minimum Gasteiger partial charge on any atom is -0.365 e. The summed E-state index contributed by atoms with van der Waals surface area (Å²) in [4.78, 5) is 9.54. The van der Waals surface area contributed by atoms with E-state index in [1.165, 1.54) is 5.56 Å². The minimum absolute atomic E-state index is 0.538. The zero-order valence-corrected chi connectivity index (χ0v) is 11.7. The fourth-order valence-electron chi connectivity index (χ4n) is 1.94. The third kappa shape index (κ3) is 2.69. The highest BCUT2D eigenvalue weighted by molar-refractivity contribution is 7.16. The van der Waals surface area contributed by atoms with E-state index in [0.717, 1.165) is 28.1 Å². The van der Waals surface area contributed by atoms with Crippen LogP contribution in [0.3, 0.4) is 0 Å². The fraction of sp³-hybridized carbons (Fsp3) is 0.143. The van der Waals surface area contributed by atoms with E-state index in [1.54, 1.807) is 17.7 Å². The second-order valence-electron chi connectivity index (χ2n) is 4.17. The maximum atomic E-state index is 5.84. The molecule has 96 valence electrons. The molecular formula is C14H12ClN3S. The van der Waals surface area contributed by atoms with Crippen molar-refractivity contribution in [3.63, 3.8) is 0 Å². The number of thiophene rings is 1. The highest BCUT2D eigenvalue weighted by Gasteiger charge is 2.04. The number of hydrogen-bond acceptors (Lipinski definition) is 4. The van der Waals surface area contributed by atoms with Crippen molar-refractivity contribution < 1.29 is 0 Å². The number of rotatable bonds is 4. The largest absolute Gasteiger partial charge is 0.365 e. The Hall–Kier alpha value is -1.65. The second kappa shape index (κ2) is 5.55. The van der Waals surface area contributed by atoms with Crippen LogP contribution in [-0.4, -0.2) is 9.97 Å². The first kappa shape index (κ1) is 12.4. The van der Waals surface area contributed by atoms with E-state index in [0.29, 0.717) is 5.88 Å². The van der Waals surface area contributed by atoms with Crippen LogP contribution in [-0.2, 0) is 12.4 Å². The molecule has 2 aromatic heterocycles. The van der Waals surface area contributed by atoms with E-state index < -0.39 is 0 Å². The molecule has 19 heavy (non-hydrogen) atoms. The van der Waals surface area contributed by atoms with E-state index >= 15 is 0 Å². The van der Waals surface area contributed by atoms with Gasteiger partial charge in [0.15, 0.2) is 0 Å². The van der Waals surface area contributed by atoms with Crippen molar-refractivity contribution in [2.45, 2.75) is 12.4 Å². The SMILES string of the molecule is ClCc1cccc(CNc2ncnc3sccc23)c1. The number of halogens is 1. The lowest BCUT2D eigenvalue weighted by atomic mass is 10.1. The Morgan fingerprint density at radius 1 is 1.16 bits per heavy atom. The van der Waals surface area contributed by atoms with Crippen molar-refractivity contribution in [3.8, 4) is 0 Å². The number of benzene rings is 1. The third-order valence-corrected chi connectivity index (χ3v) is 4.00. The molecule has 0 unspecified atom stereocenters. The second-order valence-corrected chi connectivity index (χ2v) is 5.33. The van der Waals surface area contributed by atoms with Gasteiger partial charge in [0.25, 0.3) is 0 Å². The smallest absolute Gasteiger partial charge is 0.138 e. The lowest BCUT2D eigenvalue weighted by molar-refractivity contribution is 1.10. The van der Waals surface area contributed by atoms with Crippen LogP contribution in [0.25, 0.3) is 10.2 Å². The topological polar surface area (TPSA) is 37.8 Å². The summed E-state index contributed by atoms with van der Waals surface area (Å²) in [6.07, 6.45) is 1.59. The number of nitrogens with one attached hydrogen (secondary N) is 1. The van der Waals surface area contributed by atoms with Gasteiger partial charge in [0.05, 0.1) is 5.39 Å². The standard InChI is InChI=1S/C14H12ClN3S/c15-7-10-2-1-3-11(6-10)8-16-13-12-4-5-19-14(12)18-9-17-13/h1-6,9H,7-8H2,(H,16,17,18). The Labute approximate surface area is 120 Å². The van der Waals surface area contributed by atoms with E-state index in [-0.39, 0.29) is 0 Å². The fourth-order valence-corrected chi connectivity index (χ4v) is 2.84. The van der Waals surface area contributed by atoms with Gasteiger partial charge >= 0.3 is 0 Å². The summed E-state index contributed by atoms with van der Waals surface area (Å²) >= 11 is 7.46.